The summed E-state index contributed by atoms with van der Waals surface area (Å²) >= 11 is 3.50. The van der Waals surface area contributed by atoms with Gasteiger partial charge in [0.1, 0.15) is 0 Å². The van der Waals surface area contributed by atoms with Gasteiger partial charge in [0.25, 0.3) is 0 Å². The lowest BCUT2D eigenvalue weighted by Gasteiger charge is -2.28. The van der Waals surface area contributed by atoms with E-state index in [9.17, 15) is 5.11 Å². The highest BCUT2D eigenvalue weighted by atomic mass is 79.9. The lowest BCUT2D eigenvalue weighted by Crippen LogP contribution is -2.29. The number of anilines is 1. The molecule has 0 heterocycles. The minimum atomic E-state index is -0.405. The van der Waals surface area contributed by atoms with E-state index in [0.29, 0.717) is 6.04 Å². The van der Waals surface area contributed by atoms with Gasteiger partial charge in [0.05, 0.1) is 6.10 Å². The van der Waals surface area contributed by atoms with Crippen molar-refractivity contribution in [3.63, 3.8) is 0 Å². The first-order valence-electron chi connectivity index (χ1n) is 6.89. The van der Waals surface area contributed by atoms with Crippen LogP contribution in [-0.4, -0.2) is 17.7 Å². The van der Waals surface area contributed by atoms with E-state index in [2.05, 4.69) is 39.0 Å². The fourth-order valence-electron chi connectivity index (χ4n) is 2.53. The minimum Gasteiger partial charge on any atom is -0.389 e. The standard InChI is InChI=1S/C15H20BrNO/c1-10(18)14-8-12(16)4-7-15(14)17(13-5-6-13)9-11-2-3-11/h4,7-8,10-11,13,18H,2-3,5-6,9H2,1H3. The highest BCUT2D eigenvalue weighted by molar-refractivity contribution is 9.10. The van der Waals surface area contributed by atoms with Gasteiger partial charge >= 0.3 is 0 Å². The highest BCUT2D eigenvalue weighted by Crippen LogP contribution is 2.40. The van der Waals surface area contributed by atoms with E-state index in [0.717, 1.165) is 16.0 Å². The van der Waals surface area contributed by atoms with Crippen molar-refractivity contribution in [3.8, 4) is 0 Å². The van der Waals surface area contributed by atoms with Crippen LogP contribution in [0.25, 0.3) is 0 Å². The number of rotatable bonds is 5. The maximum absolute atomic E-state index is 9.98. The smallest absolute Gasteiger partial charge is 0.0782 e. The Morgan fingerprint density at radius 3 is 2.61 bits per heavy atom. The molecule has 3 heteroatoms. The van der Waals surface area contributed by atoms with Gasteiger partial charge in [-0.1, -0.05) is 15.9 Å². The van der Waals surface area contributed by atoms with Crippen molar-refractivity contribution in [2.45, 2.75) is 44.8 Å². The number of aliphatic hydroxyl groups excluding tert-OH is 1. The summed E-state index contributed by atoms with van der Waals surface area (Å²) in [5.41, 5.74) is 2.29. The van der Waals surface area contributed by atoms with Gasteiger partial charge in [0, 0.05) is 28.3 Å². The molecule has 18 heavy (non-hydrogen) atoms. The fourth-order valence-corrected chi connectivity index (χ4v) is 2.91. The molecule has 1 atom stereocenters. The van der Waals surface area contributed by atoms with E-state index in [1.807, 2.05) is 6.92 Å². The van der Waals surface area contributed by atoms with Crippen molar-refractivity contribution in [1.82, 2.24) is 0 Å². The molecule has 0 radical (unpaired) electrons. The van der Waals surface area contributed by atoms with Crippen LogP contribution >= 0.6 is 15.9 Å². The van der Waals surface area contributed by atoms with Gasteiger partial charge in [0.2, 0.25) is 0 Å². The molecule has 1 aromatic rings. The van der Waals surface area contributed by atoms with Crippen LogP contribution in [0.15, 0.2) is 22.7 Å². The summed E-state index contributed by atoms with van der Waals surface area (Å²) in [6.07, 6.45) is 4.97. The predicted octanol–water partition coefficient (Wildman–Crippen LogP) is 3.88. The summed E-state index contributed by atoms with van der Waals surface area (Å²) in [6.45, 7) is 3.03. The Morgan fingerprint density at radius 2 is 2.06 bits per heavy atom. The molecule has 2 nitrogen and oxygen atoms in total. The van der Waals surface area contributed by atoms with Crippen LogP contribution < -0.4 is 4.90 Å². The van der Waals surface area contributed by atoms with E-state index in [-0.39, 0.29) is 0 Å². The fraction of sp³-hybridized carbons (Fsp3) is 0.600. The Balaban J connectivity index is 1.91. The second-order valence-electron chi connectivity index (χ2n) is 5.71. The molecule has 0 amide bonds. The number of aliphatic hydroxyl groups is 1. The number of hydrogen-bond donors (Lipinski definition) is 1. The van der Waals surface area contributed by atoms with Gasteiger partial charge in [-0.15, -0.1) is 0 Å². The molecule has 1 unspecified atom stereocenters. The van der Waals surface area contributed by atoms with Crippen LogP contribution in [0.4, 0.5) is 5.69 Å². The molecule has 1 N–H and O–H groups in total. The lowest BCUT2D eigenvalue weighted by atomic mass is 10.1. The Labute approximate surface area is 117 Å². The van der Waals surface area contributed by atoms with Crippen molar-refractivity contribution in [3.05, 3.63) is 28.2 Å². The average Bonchev–Trinajstić information content (AvgIpc) is 3.19. The van der Waals surface area contributed by atoms with E-state index in [4.69, 9.17) is 0 Å². The summed E-state index contributed by atoms with van der Waals surface area (Å²) in [5, 5.41) is 9.98. The molecule has 2 saturated carbocycles. The summed E-state index contributed by atoms with van der Waals surface area (Å²) in [6, 6.07) is 7.02. The Hall–Kier alpha value is -0.540. The molecule has 0 aromatic heterocycles. The van der Waals surface area contributed by atoms with Gasteiger partial charge < -0.3 is 10.0 Å². The summed E-state index contributed by atoms with van der Waals surface area (Å²) in [7, 11) is 0. The maximum atomic E-state index is 9.98. The van der Waals surface area contributed by atoms with Crippen LogP contribution in [0.1, 0.15) is 44.3 Å². The van der Waals surface area contributed by atoms with Gasteiger partial charge in [0.15, 0.2) is 0 Å². The van der Waals surface area contributed by atoms with Crippen molar-refractivity contribution in [2.75, 3.05) is 11.4 Å². The zero-order valence-electron chi connectivity index (χ0n) is 10.8. The van der Waals surface area contributed by atoms with Gasteiger partial charge in [-0.3, -0.25) is 0 Å². The molecule has 0 aliphatic heterocycles. The van der Waals surface area contributed by atoms with E-state index in [1.54, 1.807) is 0 Å². The maximum Gasteiger partial charge on any atom is 0.0782 e. The molecule has 0 bridgehead atoms. The van der Waals surface area contributed by atoms with Crippen molar-refractivity contribution < 1.29 is 5.11 Å². The molecule has 2 fully saturated rings. The minimum absolute atomic E-state index is 0.405. The SMILES string of the molecule is CC(O)c1cc(Br)ccc1N(CC1CC1)C1CC1. The largest absolute Gasteiger partial charge is 0.389 e. The third kappa shape index (κ3) is 2.72. The molecule has 0 saturated heterocycles. The lowest BCUT2D eigenvalue weighted by molar-refractivity contribution is 0.199. The van der Waals surface area contributed by atoms with Gasteiger partial charge in [-0.05, 0) is 56.7 Å². The number of hydrogen-bond acceptors (Lipinski definition) is 2. The topological polar surface area (TPSA) is 23.5 Å². The summed E-state index contributed by atoms with van der Waals surface area (Å²) in [5.74, 6) is 0.885. The van der Waals surface area contributed by atoms with Crippen molar-refractivity contribution in [1.29, 1.82) is 0 Å². The first-order chi connectivity index (χ1) is 8.65. The molecule has 0 spiro atoms. The monoisotopic (exact) mass is 309 g/mol. The first kappa shape index (κ1) is 12.5. The molecule has 2 aliphatic rings. The van der Waals surface area contributed by atoms with Crippen LogP contribution in [0.5, 0.6) is 0 Å². The number of benzene rings is 1. The van der Waals surface area contributed by atoms with Crippen LogP contribution in [0.2, 0.25) is 0 Å². The second kappa shape index (κ2) is 4.86. The third-order valence-electron chi connectivity index (χ3n) is 3.89. The molecule has 98 valence electrons. The van der Waals surface area contributed by atoms with E-state index >= 15 is 0 Å². The second-order valence-corrected chi connectivity index (χ2v) is 6.62. The molecular weight excluding hydrogens is 290 g/mol. The predicted molar refractivity (Wildman–Crippen MR) is 77.9 cm³/mol. The zero-order chi connectivity index (χ0) is 12.7. The third-order valence-corrected chi connectivity index (χ3v) is 4.38. The molecular formula is C15H20BrNO. The normalized spacial score (nSPS) is 20.8. The summed E-state index contributed by atoms with van der Waals surface area (Å²) < 4.78 is 1.05. The molecule has 3 rings (SSSR count). The van der Waals surface area contributed by atoms with Gasteiger partial charge in [-0.2, -0.15) is 0 Å². The Morgan fingerprint density at radius 1 is 1.33 bits per heavy atom. The zero-order valence-corrected chi connectivity index (χ0v) is 12.4. The average molecular weight is 310 g/mol. The number of nitrogens with zero attached hydrogens (tertiary/aromatic N) is 1. The number of halogens is 1. The van der Waals surface area contributed by atoms with Crippen molar-refractivity contribution in [2.24, 2.45) is 5.92 Å². The van der Waals surface area contributed by atoms with Crippen LogP contribution in [0, 0.1) is 5.92 Å². The van der Waals surface area contributed by atoms with E-state index < -0.39 is 6.10 Å². The van der Waals surface area contributed by atoms with Gasteiger partial charge in [-0.25, -0.2) is 0 Å². The quantitative estimate of drug-likeness (QED) is 0.892. The Kier molecular flexibility index (Phi) is 3.37. The molecule has 1 aromatic carbocycles. The van der Waals surface area contributed by atoms with Crippen LogP contribution in [0.3, 0.4) is 0 Å². The van der Waals surface area contributed by atoms with Crippen molar-refractivity contribution >= 4 is 21.6 Å². The molecule has 2 aliphatic carbocycles. The van der Waals surface area contributed by atoms with E-state index in [1.165, 1.54) is 37.9 Å². The first-order valence-corrected chi connectivity index (χ1v) is 7.68. The summed E-state index contributed by atoms with van der Waals surface area (Å²) in [4.78, 5) is 2.53. The highest BCUT2D eigenvalue weighted by Gasteiger charge is 2.35. The Bertz CT molecular complexity index is 438. The van der Waals surface area contributed by atoms with Crippen LogP contribution in [-0.2, 0) is 0 Å².